The number of carbonyl (C=O) groups is 1. The Hall–Kier alpha value is -0.0200. The molecule has 0 aliphatic heterocycles. The van der Waals surface area contributed by atoms with Crippen LogP contribution in [0.3, 0.4) is 0 Å². The van der Waals surface area contributed by atoms with Crippen molar-refractivity contribution >= 4 is 17.5 Å². The van der Waals surface area contributed by atoms with Crippen molar-refractivity contribution in [3.63, 3.8) is 0 Å². The highest BCUT2D eigenvalue weighted by molar-refractivity contribution is 7.98. The van der Waals surface area contributed by atoms with Crippen LogP contribution in [0.1, 0.15) is 13.8 Å². The standard InChI is InChI=1S/C9H19NOS/c1-8(9(2)11)7-10(3)5-6-12-4/h8H,5-7H2,1-4H3. The zero-order valence-corrected chi connectivity index (χ0v) is 9.28. The first-order valence-corrected chi connectivity index (χ1v) is 5.65. The SMILES string of the molecule is CSCCN(C)CC(C)C(C)=O. The Labute approximate surface area is 79.7 Å². The first-order chi connectivity index (χ1) is 5.57. The molecule has 0 amide bonds. The second-order valence-electron chi connectivity index (χ2n) is 3.27. The third-order valence-corrected chi connectivity index (χ3v) is 2.55. The van der Waals surface area contributed by atoms with Crippen molar-refractivity contribution in [3.8, 4) is 0 Å². The second kappa shape index (κ2) is 6.49. The quantitative estimate of drug-likeness (QED) is 0.631. The molecular formula is C9H19NOS. The molecule has 3 heteroatoms. The summed E-state index contributed by atoms with van der Waals surface area (Å²) in [6.45, 7) is 5.60. The van der Waals surface area contributed by atoms with E-state index in [0.29, 0.717) is 0 Å². The molecule has 0 heterocycles. The van der Waals surface area contributed by atoms with E-state index in [1.165, 1.54) is 0 Å². The monoisotopic (exact) mass is 189 g/mol. The lowest BCUT2D eigenvalue weighted by Gasteiger charge is -2.18. The van der Waals surface area contributed by atoms with Gasteiger partial charge in [0, 0.05) is 24.8 Å². The number of thioether (sulfide) groups is 1. The molecule has 0 saturated carbocycles. The van der Waals surface area contributed by atoms with Crippen LogP contribution in [0.15, 0.2) is 0 Å². The zero-order valence-electron chi connectivity index (χ0n) is 8.46. The van der Waals surface area contributed by atoms with E-state index in [0.717, 1.165) is 18.8 Å². The average molecular weight is 189 g/mol. The molecule has 1 unspecified atom stereocenters. The minimum absolute atomic E-state index is 0.178. The maximum atomic E-state index is 10.9. The van der Waals surface area contributed by atoms with Crippen LogP contribution in [0.4, 0.5) is 0 Å². The van der Waals surface area contributed by atoms with Crippen LogP contribution >= 0.6 is 11.8 Å². The van der Waals surface area contributed by atoms with Gasteiger partial charge in [-0.1, -0.05) is 6.92 Å². The minimum atomic E-state index is 0.178. The summed E-state index contributed by atoms with van der Waals surface area (Å²) in [6, 6.07) is 0. The first kappa shape index (κ1) is 12.0. The summed E-state index contributed by atoms with van der Waals surface area (Å²) in [6.07, 6.45) is 2.10. The number of Topliss-reactive ketones (excluding diaryl/α,β-unsaturated/α-hetero) is 1. The highest BCUT2D eigenvalue weighted by Crippen LogP contribution is 2.00. The van der Waals surface area contributed by atoms with Crippen molar-refractivity contribution in [2.45, 2.75) is 13.8 Å². The van der Waals surface area contributed by atoms with E-state index in [1.54, 1.807) is 6.92 Å². The Morgan fingerprint density at radius 3 is 2.58 bits per heavy atom. The summed E-state index contributed by atoms with van der Waals surface area (Å²) < 4.78 is 0. The number of hydrogen-bond donors (Lipinski definition) is 0. The molecule has 0 bridgehead atoms. The fourth-order valence-electron chi connectivity index (χ4n) is 0.934. The Balaban J connectivity index is 3.53. The molecule has 0 saturated heterocycles. The van der Waals surface area contributed by atoms with Gasteiger partial charge >= 0.3 is 0 Å². The van der Waals surface area contributed by atoms with E-state index in [9.17, 15) is 4.79 Å². The number of carbonyl (C=O) groups excluding carboxylic acids is 1. The van der Waals surface area contributed by atoms with Gasteiger partial charge in [-0.15, -0.1) is 0 Å². The van der Waals surface area contributed by atoms with E-state index < -0.39 is 0 Å². The Morgan fingerprint density at radius 2 is 2.17 bits per heavy atom. The van der Waals surface area contributed by atoms with Gasteiger partial charge in [0.15, 0.2) is 0 Å². The highest BCUT2D eigenvalue weighted by Gasteiger charge is 2.09. The molecule has 0 aliphatic rings. The molecule has 0 rings (SSSR count). The summed E-state index contributed by atoms with van der Waals surface area (Å²) in [4.78, 5) is 13.1. The molecule has 0 N–H and O–H groups in total. The molecule has 0 fully saturated rings. The van der Waals surface area contributed by atoms with Crippen LogP contribution in [-0.2, 0) is 4.79 Å². The Kier molecular flexibility index (Phi) is 6.48. The normalized spacial score (nSPS) is 13.4. The molecule has 0 aromatic heterocycles. The molecule has 1 atom stereocenters. The predicted molar refractivity (Wildman–Crippen MR) is 55.7 cm³/mol. The third kappa shape index (κ3) is 5.61. The van der Waals surface area contributed by atoms with Crippen molar-refractivity contribution in [2.24, 2.45) is 5.92 Å². The summed E-state index contributed by atoms with van der Waals surface area (Å²) in [7, 11) is 2.07. The zero-order chi connectivity index (χ0) is 9.56. The van der Waals surface area contributed by atoms with E-state index in [2.05, 4.69) is 18.2 Å². The van der Waals surface area contributed by atoms with Crippen molar-refractivity contribution in [1.29, 1.82) is 0 Å². The molecule has 0 aromatic carbocycles. The second-order valence-corrected chi connectivity index (χ2v) is 4.25. The smallest absolute Gasteiger partial charge is 0.133 e. The lowest BCUT2D eigenvalue weighted by molar-refractivity contribution is -0.120. The van der Waals surface area contributed by atoms with E-state index in [4.69, 9.17) is 0 Å². The molecule has 0 aromatic rings. The van der Waals surface area contributed by atoms with Gasteiger partial charge in [0.05, 0.1) is 0 Å². The highest BCUT2D eigenvalue weighted by atomic mass is 32.2. The van der Waals surface area contributed by atoms with Crippen molar-refractivity contribution in [2.75, 3.05) is 32.1 Å². The predicted octanol–water partition coefficient (Wildman–Crippen LogP) is 1.51. The fourth-order valence-corrected chi connectivity index (χ4v) is 1.43. The van der Waals surface area contributed by atoms with Crippen LogP contribution < -0.4 is 0 Å². The summed E-state index contributed by atoms with van der Waals surface area (Å²) >= 11 is 1.84. The van der Waals surface area contributed by atoms with Gasteiger partial charge in [-0.3, -0.25) is 4.79 Å². The molecular weight excluding hydrogens is 170 g/mol. The summed E-state index contributed by atoms with van der Waals surface area (Å²) in [5, 5.41) is 0. The van der Waals surface area contributed by atoms with Gasteiger partial charge in [0.1, 0.15) is 5.78 Å². The van der Waals surface area contributed by atoms with E-state index in [-0.39, 0.29) is 11.7 Å². The average Bonchev–Trinajstić information content (AvgIpc) is 2.00. The molecule has 2 nitrogen and oxygen atoms in total. The molecule has 12 heavy (non-hydrogen) atoms. The van der Waals surface area contributed by atoms with Gasteiger partial charge < -0.3 is 4.90 Å². The van der Waals surface area contributed by atoms with Gasteiger partial charge in [0.25, 0.3) is 0 Å². The van der Waals surface area contributed by atoms with Gasteiger partial charge in [-0.05, 0) is 20.2 Å². The maximum absolute atomic E-state index is 10.9. The summed E-state index contributed by atoms with van der Waals surface area (Å²) in [5.41, 5.74) is 0. The maximum Gasteiger partial charge on any atom is 0.133 e. The third-order valence-electron chi connectivity index (χ3n) is 1.96. The largest absolute Gasteiger partial charge is 0.305 e. The molecule has 0 aliphatic carbocycles. The van der Waals surface area contributed by atoms with Crippen molar-refractivity contribution in [3.05, 3.63) is 0 Å². The molecule has 0 spiro atoms. The van der Waals surface area contributed by atoms with Crippen LogP contribution in [-0.4, -0.2) is 42.8 Å². The van der Waals surface area contributed by atoms with Gasteiger partial charge in [0.2, 0.25) is 0 Å². The summed E-state index contributed by atoms with van der Waals surface area (Å²) in [5.74, 6) is 1.60. The molecule has 72 valence electrons. The Morgan fingerprint density at radius 1 is 1.58 bits per heavy atom. The minimum Gasteiger partial charge on any atom is -0.305 e. The number of ketones is 1. The van der Waals surface area contributed by atoms with Crippen LogP contribution in [0, 0.1) is 5.92 Å². The van der Waals surface area contributed by atoms with E-state index >= 15 is 0 Å². The first-order valence-electron chi connectivity index (χ1n) is 4.25. The molecule has 0 radical (unpaired) electrons. The topological polar surface area (TPSA) is 20.3 Å². The number of rotatable bonds is 6. The van der Waals surface area contributed by atoms with Crippen LogP contribution in [0.2, 0.25) is 0 Å². The fraction of sp³-hybridized carbons (Fsp3) is 0.889. The van der Waals surface area contributed by atoms with Crippen molar-refractivity contribution < 1.29 is 4.79 Å². The lowest BCUT2D eigenvalue weighted by atomic mass is 10.1. The van der Waals surface area contributed by atoms with Gasteiger partial charge in [-0.25, -0.2) is 0 Å². The van der Waals surface area contributed by atoms with Crippen molar-refractivity contribution in [1.82, 2.24) is 4.90 Å². The van der Waals surface area contributed by atoms with Crippen LogP contribution in [0.25, 0.3) is 0 Å². The van der Waals surface area contributed by atoms with Crippen LogP contribution in [0.5, 0.6) is 0 Å². The Bertz CT molecular complexity index is 138. The number of nitrogens with zero attached hydrogens (tertiary/aromatic N) is 1. The van der Waals surface area contributed by atoms with Gasteiger partial charge in [-0.2, -0.15) is 11.8 Å². The van der Waals surface area contributed by atoms with E-state index in [1.807, 2.05) is 18.7 Å². The lowest BCUT2D eigenvalue weighted by Crippen LogP contribution is -2.29. The number of hydrogen-bond acceptors (Lipinski definition) is 3.